The first-order valence-corrected chi connectivity index (χ1v) is 8.99. The molecule has 5 heteroatoms. The van der Waals surface area contributed by atoms with Gasteiger partial charge in [-0.1, -0.05) is 6.92 Å². The highest BCUT2D eigenvalue weighted by Gasteiger charge is 2.29. The van der Waals surface area contributed by atoms with Crippen LogP contribution in [0.3, 0.4) is 0 Å². The second-order valence-corrected chi connectivity index (χ2v) is 8.15. The van der Waals surface area contributed by atoms with Gasteiger partial charge < -0.3 is 15.4 Å². The van der Waals surface area contributed by atoms with Gasteiger partial charge in [-0.15, -0.1) is 11.3 Å². The number of hydrogen-bond donors (Lipinski definition) is 2. The van der Waals surface area contributed by atoms with E-state index in [1.807, 2.05) is 32.1 Å². The van der Waals surface area contributed by atoms with Gasteiger partial charge in [-0.3, -0.25) is 0 Å². The van der Waals surface area contributed by atoms with E-state index in [1.54, 1.807) is 0 Å². The summed E-state index contributed by atoms with van der Waals surface area (Å²) in [4.78, 5) is 14.7. The average molecular weight is 324 g/mol. The van der Waals surface area contributed by atoms with Gasteiger partial charge in [0.25, 0.3) is 0 Å². The summed E-state index contributed by atoms with van der Waals surface area (Å²) in [6.07, 6.45) is 4.05. The molecule has 0 spiro atoms. The number of hydrogen-bond acceptors (Lipinski definition) is 4. The molecule has 0 radical (unpaired) electrons. The third-order valence-corrected chi connectivity index (χ3v) is 5.05. The van der Waals surface area contributed by atoms with Crippen LogP contribution in [0.4, 0.5) is 4.79 Å². The molecule has 1 heterocycles. The maximum atomic E-state index is 11.9. The Hall–Kier alpha value is -1.07. The van der Waals surface area contributed by atoms with Gasteiger partial charge in [0.05, 0.1) is 0 Å². The number of thiophene rings is 1. The third kappa shape index (κ3) is 5.29. The van der Waals surface area contributed by atoms with Crippen LogP contribution in [0.5, 0.6) is 0 Å². The van der Waals surface area contributed by atoms with Crippen molar-refractivity contribution in [1.82, 2.24) is 10.6 Å². The van der Waals surface area contributed by atoms with Gasteiger partial charge in [0.15, 0.2) is 0 Å². The molecule has 1 aromatic heterocycles. The van der Waals surface area contributed by atoms with Crippen LogP contribution in [0, 0.1) is 0 Å². The molecule has 2 unspecified atom stereocenters. The van der Waals surface area contributed by atoms with Crippen molar-refractivity contribution in [3.8, 4) is 0 Å². The Labute approximate surface area is 137 Å². The van der Waals surface area contributed by atoms with Crippen LogP contribution in [0.15, 0.2) is 12.1 Å². The number of alkyl carbamates (subject to hydrolysis) is 1. The van der Waals surface area contributed by atoms with Crippen LogP contribution >= 0.6 is 11.3 Å². The van der Waals surface area contributed by atoms with Crippen molar-refractivity contribution >= 4 is 17.4 Å². The minimum absolute atomic E-state index is 0.167. The fourth-order valence-electron chi connectivity index (χ4n) is 2.78. The van der Waals surface area contributed by atoms with Crippen LogP contribution in [0.25, 0.3) is 0 Å². The highest BCUT2D eigenvalue weighted by atomic mass is 32.1. The normalized spacial score (nSPS) is 21.8. The molecular weight excluding hydrogens is 296 g/mol. The van der Waals surface area contributed by atoms with Crippen LogP contribution in [0.1, 0.15) is 56.7 Å². The monoisotopic (exact) mass is 324 g/mol. The van der Waals surface area contributed by atoms with E-state index in [0.717, 1.165) is 32.2 Å². The highest BCUT2D eigenvalue weighted by molar-refractivity contribution is 7.11. The number of ether oxygens (including phenoxy) is 1. The van der Waals surface area contributed by atoms with Crippen molar-refractivity contribution in [2.45, 2.75) is 77.6 Å². The summed E-state index contributed by atoms with van der Waals surface area (Å²) in [7, 11) is 0. The Kier molecular flexibility index (Phi) is 5.87. The molecule has 4 nitrogen and oxygen atoms in total. The molecule has 1 saturated carbocycles. The van der Waals surface area contributed by atoms with E-state index < -0.39 is 5.60 Å². The summed E-state index contributed by atoms with van der Waals surface area (Å²) >= 11 is 1.86. The second-order valence-electron chi connectivity index (χ2n) is 6.89. The van der Waals surface area contributed by atoms with E-state index in [2.05, 4.69) is 29.7 Å². The zero-order valence-electron chi connectivity index (χ0n) is 14.1. The molecule has 0 aliphatic heterocycles. The lowest BCUT2D eigenvalue weighted by atomic mass is 10.1. The van der Waals surface area contributed by atoms with Crippen LogP contribution < -0.4 is 10.6 Å². The van der Waals surface area contributed by atoms with Crippen LogP contribution in [0.2, 0.25) is 0 Å². The Bertz CT molecular complexity index is 493. The smallest absolute Gasteiger partial charge is 0.407 e. The first-order chi connectivity index (χ1) is 10.4. The first kappa shape index (κ1) is 17.3. The first-order valence-electron chi connectivity index (χ1n) is 8.18. The summed E-state index contributed by atoms with van der Waals surface area (Å²) in [6, 6.07) is 4.90. The fraction of sp³-hybridized carbons (Fsp3) is 0.706. The SMILES string of the molecule is CCc1ccc(CNC2CCCC2NC(=O)OC(C)(C)C)s1. The Morgan fingerprint density at radius 1 is 1.27 bits per heavy atom. The zero-order chi connectivity index (χ0) is 16.2. The zero-order valence-corrected chi connectivity index (χ0v) is 14.9. The fourth-order valence-corrected chi connectivity index (χ4v) is 3.68. The predicted octanol–water partition coefficient (Wildman–Crippen LogP) is 3.85. The average Bonchev–Trinajstić information content (AvgIpc) is 3.02. The number of nitrogens with one attached hydrogen (secondary N) is 2. The van der Waals surface area contributed by atoms with Crippen molar-refractivity contribution in [2.75, 3.05) is 0 Å². The maximum Gasteiger partial charge on any atom is 0.407 e. The number of carbonyl (C=O) groups excluding carboxylic acids is 1. The number of rotatable bonds is 5. The van der Waals surface area contributed by atoms with Gasteiger partial charge in [-0.05, 0) is 58.6 Å². The van der Waals surface area contributed by atoms with E-state index >= 15 is 0 Å². The molecule has 1 aliphatic rings. The van der Waals surface area contributed by atoms with E-state index in [1.165, 1.54) is 9.75 Å². The molecule has 2 atom stereocenters. The van der Waals surface area contributed by atoms with E-state index in [0.29, 0.717) is 6.04 Å². The van der Waals surface area contributed by atoms with E-state index in [4.69, 9.17) is 4.74 Å². The quantitative estimate of drug-likeness (QED) is 0.865. The molecule has 2 rings (SSSR count). The summed E-state index contributed by atoms with van der Waals surface area (Å²) < 4.78 is 5.35. The van der Waals surface area contributed by atoms with Gasteiger partial charge in [0.1, 0.15) is 5.60 Å². The van der Waals surface area contributed by atoms with Gasteiger partial charge >= 0.3 is 6.09 Å². The van der Waals surface area contributed by atoms with E-state index in [-0.39, 0.29) is 12.1 Å². The molecule has 0 bridgehead atoms. The number of carbonyl (C=O) groups is 1. The molecule has 0 aromatic carbocycles. The third-order valence-electron chi connectivity index (χ3n) is 3.82. The Morgan fingerprint density at radius 3 is 2.59 bits per heavy atom. The lowest BCUT2D eigenvalue weighted by molar-refractivity contribution is 0.0498. The Morgan fingerprint density at radius 2 is 1.95 bits per heavy atom. The van der Waals surface area contributed by atoms with Gasteiger partial charge in [-0.2, -0.15) is 0 Å². The van der Waals surface area contributed by atoms with Gasteiger partial charge in [0, 0.05) is 28.4 Å². The maximum absolute atomic E-state index is 11.9. The molecule has 0 saturated heterocycles. The van der Waals surface area contributed by atoms with Crippen molar-refractivity contribution in [3.63, 3.8) is 0 Å². The molecule has 1 amide bonds. The lowest BCUT2D eigenvalue weighted by Gasteiger charge is -2.25. The molecule has 124 valence electrons. The van der Waals surface area contributed by atoms with E-state index in [9.17, 15) is 4.79 Å². The lowest BCUT2D eigenvalue weighted by Crippen LogP contribution is -2.47. The van der Waals surface area contributed by atoms with Gasteiger partial charge in [-0.25, -0.2) is 4.79 Å². The summed E-state index contributed by atoms with van der Waals surface area (Å²) in [5.41, 5.74) is -0.445. The molecule has 1 aromatic rings. The molecule has 1 aliphatic carbocycles. The molecular formula is C17H28N2O2S. The minimum Gasteiger partial charge on any atom is -0.444 e. The second kappa shape index (κ2) is 7.47. The number of aryl methyl sites for hydroxylation is 1. The largest absolute Gasteiger partial charge is 0.444 e. The van der Waals surface area contributed by atoms with Crippen LogP contribution in [-0.2, 0) is 17.7 Å². The molecule has 22 heavy (non-hydrogen) atoms. The molecule has 1 fully saturated rings. The Balaban J connectivity index is 1.81. The summed E-state index contributed by atoms with van der Waals surface area (Å²) in [6.45, 7) is 8.72. The number of amides is 1. The summed E-state index contributed by atoms with van der Waals surface area (Å²) in [5, 5.41) is 6.61. The highest BCUT2D eigenvalue weighted by Crippen LogP contribution is 2.22. The van der Waals surface area contributed by atoms with Crippen LogP contribution in [-0.4, -0.2) is 23.8 Å². The standard InChI is InChI=1S/C17H28N2O2S/c1-5-12-9-10-13(22-12)11-18-14-7-6-8-15(14)19-16(20)21-17(2,3)4/h9-10,14-15,18H,5-8,11H2,1-4H3,(H,19,20). The summed E-state index contributed by atoms with van der Waals surface area (Å²) in [5.74, 6) is 0. The van der Waals surface area contributed by atoms with Crippen molar-refractivity contribution in [1.29, 1.82) is 0 Å². The van der Waals surface area contributed by atoms with Crippen molar-refractivity contribution < 1.29 is 9.53 Å². The predicted molar refractivity (Wildman–Crippen MR) is 91.3 cm³/mol. The van der Waals surface area contributed by atoms with Crippen molar-refractivity contribution in [2.24, 2.45) is 0 Å². The van der Waals surface area contributed by atoms with Gasteiger partial charge in [0.2, 0.25) is 0 Å². The topological polar surface area (TPSA) is 50.4 Å². The molecule has 2 N–H and O–H groups in total. The van der Waals surface area contributed by atoms with Crippen molar-refractivity contribution in [3.05, 3.63) is 21.9 Å². The minimum atomic E-state index is -0.445.